The Labute approximate surface area is 135 Å². The monoisotopic (exact) mass is 315 g/mol. The van der Waals surface area contributed by atoms with Crippen molar-refractivity contribution in [3.63, 3.8) is 0 Å². The Morgan fingerprint density at radius 1 is 1.52 bits per heavy atom. The number of fused-ring (bicyclic) bond motifs is 1. The molecule has 2 aromatic rings. The Kier molecular flexibility index (Phi) is 4.74. The summed E-state index contributed by atoms with van der Waals surface area (Å²) in [6.07, 6.45) is 5.82. The van der Waals surface area contributed by atoms with Gasteiger partial charge in [-0.2, -0.15) is 0 Å². The number of nitrogens with one attached hydrogen (secondary N) is 2. The van der Waals surface area contributed by atoms with Gasteiger partial charge in [-0.25, -0.2) is 9.37 Å². The molecular weight excluding hydrogens is 293 g/mol. The van der Waals surface area contributed by atoms with E-state index in [-0.39, 0.29) is 23.7 Å². The van der Waals surface area contributed by atoms with Crippen molar-refractivity contribution in [3.8, 4) is 0 Å². The molecule has 1 amide bonds. The summed E-state index contributed by atoms with van der Waals surface area (Å²) in [5.41, 5.74) is 3.04. The minimum absolute atomic E-state index is 0.0128. The van der Waals surface area contributed by atoms with E-state index in [0.29, 0.717) is 12.8 Å². The van der Waals surface area contributed by atoms with E-state index < -0.39 is 0 Å². The molecule has 5 heteroatoms. The number of halogens is 1. The molecule has 0 saturated carbocycles. The van der Waals surface area contributed by atoms with Gasteiger partial charge in [0.05, 0.1) is 18.1 Å². The number of imidazole rings is 1. The molecule has 0 spiro atoms. The molecule has 1 aromatic heterocycles. The smallest absolute Gasteiger partial charge is 0.220 e. The Balaban J connectivity index is 1.54. The normalized spacial score (nSPS) is 18.3. The molecule has 2 atom stereocenters. The summed E-state index contributed by atoms with van der Waals surface area (Å²) in [5.74, 6) is -0.0267. The van der Waals surface area contributed by atoms with Crippen molar-refractivity contribution in [1.82, 2.24) is 15.3 Å². The highest BCUT2D eigenvalue weighted by Crippen LogP contribution is 2.27. The Hall–Kier alpha value is -2.17. The largest absolute Gasteiger partial charge is 0.348 e. The molecule has 3 rings (SSSR count). The highest BCUT2D eigenvalue weighted by atomic mass is 19.1. The molecular formula is C18H22FN3O. The fourth-order valence-corrected chi connectivity index (χ4v) is 3.30. The van der Waals surface area contributed by atoms with Crippen LogP contribution in [0.2, 0.25) is 0 Å². The van der Waals surface area contributed by atoms with Crippen LogP contribution in [0.25, 0.3) is 0 Å². The third kappa shape index (κ3) is 3.97. The first-order valence-electron chi connectivity index (χ1n) is 8.18. The van der Waals surface area contributed by atoms with Crippen LogP contribution < -0.4 is 5.32 Å². The van der Waals surface area contributed by atoms with Crippen molar-refractivity contribution in [3.05, 3.63) is 53.4 Å². The quantitative estimate of drug-likeness (QED) is 0.889. The maximum absolute atomic E-state index is 13.2. The zero-order valence-corrected chi connectivity index (χ0v) is 13.3. The number of carbonyl (C=O) groups is 1. The first-order chi connectivity index (χ1) is 11.1. The van der Waals surface area contributed by atoms with Gasteiger partial charge in [0.25, 0.3) is 0 Å². The van der Waals surface area contributed by atoms with Gasteiger partial charge in [0.15, 0.2) is 0 Å². The lowest BCUT2D eigenvalue weighted by atomic mass is 9.94. The van der Waals surface area contributed by atoms with E-state index in [4.69, 9.17) is 0 Å². The predicted octanol–water partition coefficient (Wildman–Crippen LogP) is 3.31. The third-order valence-corrected chi connectivity index (χ3v) is 4.34. The molecule has 23 heavy (non-hydrogen) atoms. The number of hydrogen-bond acceptors (Lipinski definition) is 2. The number of rotatable bonds is 5. The summed E-state index contributed by atoms with van der Waals surface area (Å²) in [7, 11) is 0. The van der Waals surface area contributed by atoms with Gasteiger partial charge in [-0.1, -0.05) is 19.1 Å². The summed E-state index contributed by atoms with van der Waals surface area (Å²) in [5, 5.41) is 3.09. The molecule has 4 nitrogen and oxygen atoms in total. The molecule has 2 unspecified atom stereocenters. The van der Waals surface area contributed by atoms with Crippen LogP contribution in [0, 0.1) is 11.7 Å². The van der Waals surface area contributed by atoms with Gasteiger partial charge in [0, 0.05) is 12.1 Å². The van der Waals surface area contributed by atoms with E-state index in [1.165, 1.54) is 12.1 Å². The van der Waals surface area contributed by atoms with Crippen LogP contribution in [-0.4, -0.2) is 15.9 Å². The average molecular weight is 315 g/mol. The first-order valence-corrected chi connectivity index (χ1v) is 8.18. The topological polar surface area (TPSA) is 57.8 Å². The number of aryl methyl sites for hydroxylation is 1. The fourth-order valence-electron chi connectivity index (χ4n) is 3.30. The molecule has 0 bridgehead atoms. The summed E-state index contributed by atoms with van der Waals surface area (Å²) in [4.78, 5) is 19.8. The van der Waals surface area contributed by atoms with Crippen LogP contribution in [0.3, 0.4) is 0 Å². The summed E-state index contributed by atoms with van der Waals surface area (Å²) in [6, 6.07) is 6.59. The van der Waals surface area contributed by atoms with Crippen LogP contribution in [0.1, 0.15) is 49.2 Å². The number of carbonyl (C=O) groups excluding carboxylic acids is 1. The van der Waals surface area contributed by atoms with Crippen LogP contribution in [0.15, 0.2) is 30.6 Å². The molecule has 0 aliphatic heterocycles. The standard InChI is InChI=1S/C18H22FN3O/c1-12(8-13-4-2-5-14(19)10-13)9-17(23)22-16-7-3-6-15-18(16)21-11-20-15/h2,4-5,10-12,16H,3,6-9H2,1H3,(H,20,21)(H,22,23). The molecule has 1 aliphatic carbocycles. The van der Waals surface area contributed by atoms with E-state index in [0.717, 1.165) is 36.2 Å². The van der Waals surface area contributed by atoms with E-state index in [1.807, 2.05) is 13.0 Å². The van der Waals surface area contributed by atoms with Gasteiger partial charge in [-0.15, -0.1) is 0 Å². The van der Waals surface area contributed by atoms with Gasteiger partial charge < -0.3 is 10.3 Å². The average Bonchev–Trinajstić information content (AvgIpc) is 2.96. The molecule has 122 valence electrons. The number of hydrogen-bond donors (Lipinski definition) is 2. The van der Waals surface area contributed by atoms with Crippen molar-refractivity contribution >= 4 is 5.91 Å². The minimum Gasteiger partial charge on any atom is -0.348 e. The van der Waals surface area contributed by atoms with Crippen molar-refractivity contribution in [2.45, 2.75) is 45.1 Å². The number of aromatic nitrogens is 2. The summed E-state index contributed by atoms with van der Waals surface area (Å²) >= 11 is 0. The van der Waals surface area contributed by atoms with Crippen molar-refractivity contribution in [1.29, 1.82) is 0 Å². The number of nitrogens with zero attached hydrogens (tertiary/aromatic N) is 1. The van der Waals surface area contributed by atoms with Crippen molar-refractivity contribution in [2.24, 2.45) is 5.92 Å². The Morgan fingerprint density at radius 3 is 3.22 bits per heavy atom. The SMILES string of the molecule is CC(CC(=O)NC1CCCc2[nH]cnc21)Cc1cccc(F)c1. The lowest BCUT2D eigenvalue weighted by molar-refractivity contribution is -0.122. The van der Waals surface area contributed by atoms with Crippen LogP contribution in [-0.2, 0) is 17.6 Å². The van der Waals surface area contributed by atoms with E-state index in [1.54, 1.807) is 12.4 Å². The zero-order valence-electron chi connectivity index (χ0n) is 13.3. The van der Waals surface area contributed by atoms with Gasteiger partial charge in [0.2, 0.25) is 5.91 Å². The van der Waals surface area contributed by atoms with Crippen LogP contribution >= 0.6 is 0 Å². The first kappa shape index (κ1) is 15.7. The molecule has 1 aliphatic rings. The van der Waals surface area contributed by atoms with Gasteiger partial charge >= 0.3 is 0 Å². The minimum atomic E-state index is -0.229. The molecule has 2 N–H and O–H groups in total. The number of aromatic amines is 1. The number of benzene rings is 1. The van der Waals surface area contributed by atoms with Crippen molar-refractivity contribution in [2.75, 3.05) is 0 Å². The molecule has 0 fully saturated rings. The summed E-state index contributed by atoms with van der Waals surface area (Å²) in [6.45, 7) is 2.02. The number of H-pyrrole nitrogens is 1. The van der Waals surface area contributed by atoms with E-state index in [2.05, 4.69) is 15.3 Å². The fraction of sp³-hybridized carbons (Fsp3) is 0.444. The van der Waals surface area contributed by atoms with Gasteiger partial charge in [-0.3, -0.25) is 4.79 Å². The molecule has 1 aromatic carbocycles. The second kappa shape index (κ2) is 6.94. The second-order valence-electron chi connectivity index (χ2n) is 6.42. The highest BCUT2D eigenvalue weighted by Gasteiger charge is 2.24. The predicted molar refractivity (Wildman–Crippen MR) is 86.3 cm³/mol. The Bertz CT molecular complexity index is 682. The zero-order chi connectivity index (χ0) is 16.2. The van der Waals surface area contributed by atoms with E-state index >= 15 is 0 Å². The highest BCUT2D eigenvalue weighted by molar-refractivity contribution is 5.76. The summed E-state index contributed by atoms with van der Waals surface area (Å²) < 4.78 is 13.2. The van der Waals surface area contributed by atoms with Crippen LogP contribution in [0.5, 0.6) is 0 Å². The molecule has 0 saturated heterocycles. The third-order valence-electron chi connectivity index (χ3n) is 4.34. The lowest BCUT2D eigenvalue weighted by Crippen LogP contribution is -2.32. The van der Waals surface area contributed by atoms with Crippen molar-refractivity contribution < 1.29 is 9.18 Å². The van der Waals surface area contributed by atoms with Crippen LogP contribution in [0.4, 0.5) is 4.39 Å². The maximum atomic E-state index is 13.2. The van der Waals surface area contributed by atoms with E-state index in [9.17, 15) is 9.18 Å². The van der Waals surface area contributed by atoms with Gasteiger partial charge in [-0.05, 0) is 49.3 Å². The lowest BCUT2D eigenvalue weighted by Gasteiger charge is -2.23. The maximum Gasteiger partial charge on any atom is 0.220 e. The van der Waals surface area contributed by atoms with Gasteiger partial charge in [0.1, 0.15) is 5.82 Å². The Morgan fingerprint density at radius 2 is 2.39 bits per heavy atom. The number of amides is 1. The molecule has 0 radical (unpaired) electrons. The second-order valence-corrected chi connectivity index (χ2v) is 6.42. The molecule has 1 heterocycles.